The maximum absolute atomic E-state index is 13.2. The number of benzene rings is 2. The molecule has 0 aliphatic carbocycles. The molecular formula is C23H30N2O2. The van der Waals surface area contributed by atoms with E-state index in [1.54, 1.807) is 4.90 Å². The lowest BCUT2D eigenvalue weighted by Gasteiger charge is -2.31. The van der Waals surface area contributed by atoms with Gasteiger partial charge in [0, 0.05) is 12.6 Å². The Bertz CT molecular complexity index is 756. The molecule has 1 atom stereocenters. The van der Waals surface area contributed by atoms with Crippen LogP contribution in [0.4, 0.5) is 0 Å². The van der Waals surface area contributed by atoms with Crippen LogP contribution in [-0.4, -0.2) is 28.8 Å². The molecule has 0 fully saturated rings. The van der Waals surface area contributed by atoms with E-state index in [2.05, 4.69) is 5.32 Å². The number of aryl methyl sites for hydroxylation is 1. The van der Waals surface area contributed by atoms with Gasteiger partial charge in [0.05, 0.1) is 6.42 Å². The molecule has 0 aliphatic heterocycles. The highest BCUT2D eigenvalue weighted by atomic mass is 16.2. The number of amides is 2. The van der Waals surface area contributed by atoms with E-state index in [-0.39, 0.29) is 24.3 Å². The molecule has 0 radical (unpaired) electrons. The SMILES string of the molecule is CC[C@@H](C(=O)NC(C)C)N(Cc1ccccc1C)C(=O)Cc1ccccc1. The van der Waals surface area contributed by atoms with Gasteiger partial charge in [0.1, 0.15) is 6.04 Å². The predicted molar refractivity (Wildman–Crippen MR) is 109 cm³/mol. The van der Waals surface area contributed by atoms with Crippen LogP contribution in [0.3, 0.4) is 0 Å². The molecule has 1 N–H and O–H groups in total. The first-order valence-electron chi connectivity index (χ1n) is 9.60. The van der Waals surface area contributed by atoms with Crippen LogP contribution in [0.5, 0.6) is 0 Å². The Morgan fingerprint density at radius 3 is 2.22 bits per heavy atom. The molecule has 27 heavy (non-hydrogen) atoms. The van der Waals surface area contributed by atoms with Gasteiger partial charge in [-0.3, -0.25) is 9.59 Å². The van der Waals surface area contributed by atoms with E-state index in [9.17, 15) is 9.59 Å². The van der Waals surface area contributed by atoms with Crippen LogP contribution in [-0.2, 0) is 22.6 Å². The van der Waals surface area contributed by atoms with Crippen molar-refractivity contribution in [1.82, 2.24) is 10.2 Å². The zero-order chi connectivity index (χ0) is 19.8. The maximum Gasteiger partial charge on any atom is 0.243 e. The van der Waals surface area contributed by atoms with E-state index in [0.717, 1.165) is 16.7 Å². The summed E-state index contributed by atoms with van der Waals surface area (Å²) in [4.78, 5) is 27.6. The molecule has 0 bridgehead atoms. The van der Waals surface area contributed by atoms with Crippen molar-refractivity contribution in [2.75, 3.05) is 0 Å². The molecule has 144 valence electrons. The van der Waals surface area contributed by atoms with Crippen LogP contribution in [0, 0.1) is 6.92 Å². The molecule has 2 rings (SSSR count). The van der Waals surface area contributed by atoms with Gasteiger partial charge in [0.2, 0.25) is 11.8 Å². The lowest BCUT2D eigenvalue weighted by molar-refractivity contribution is -0.141. The van der Waals surface area contributed by atoms with Crippen molar-refractivity contribution in [3.63, 3.8) is 0 Å². The van der Waals surface area contributed by atoms with E-state index >= 15 is 0 Å². The number of hydrogen-bond donors (Lipinski definition) is 1. The van der Waals surface area contributed by atoms with Gasteiger partial charge in [-0.1, -0.05) is 61.5 Å². The zero-order valence-corrected chi connectivity index (χ0v) is 16.7. The second-order valence-corrected chi connectivity index (χ2v) is 7.20. The van der Waals surface area contributed by atoms with Crippen LogP contribution in [0.25, 0.3) is 0 Å². The second kappa shape index (κ2) is 9.91. The lowest BCUT2D eigenvalue weighted by atomic mass is 10.0. The van der Waals surface area contributed by atoms with Crippen molar-refractivity contribution >= 4 is 11.8 Å². The minimum atomic E-state index is -0.483. The fourth-order valence-corrected chi connectivity index (χ4v) is 3.14. The number of nitrogens with one attached hydrogen (secondary N) is 1. The van der Waals surface area contributed by atoms with Gasteiger partial charge >= 0.3 is 0 Å². The molecule has 2 aromatic rings. The van der Waals surface area contributed by atoms with E-state index < -0.39 is 6.04 Å². The first-order valence-corrected chi connectivity index (χ1v) is 9.60. The summed E-state index contributed by atoms with van der Waals surface area (Å²) in [7, 11) is 0. The van der Waals surface area contributed by atoms with E-state index in [1.807, 2.05) is 82.3 Å². The van der Waals surface area contributed by atoms with Gasteiger partial charge < -0.3 is 10.2 Å². The van der Waals surface area contributed by atoms with Crippen molar-refractivity contribution < 1.29 is 9.59 Å². The Balaban J connectivity index is 2.30. The summed E-state index contributed by atoms with van der Waals surface area (Å²) < 4.78 is 0. The van der Waals surface area contributed by atoms with Crippen LogP contribution >= 0.6 is 0 Å². The summed E-state index contributed by atoms with van der Waals surface area (Å²) in [5, 5.41) is 2.96. The lowest BCUT2D eigenvalue weighted by Crippen LogP contribution is -2.50. The van der Waals surface area contributed by atoms with Crippen molar-refractivity contribution in [3.8, 4) is 0 Å². The van der Waals surface area contributed by atoms with Crippen molar-refractivity contribution in [2.45, 2.75) is 59.2 Å². The first-order chi connectivity index (χ1) is 12.9. The monoisotopic (exact) mass is 366 g/mol. The third-order valence-electron chi connectivity index (χ3n) is 4.62. The smallest absolute Gasteiger partial charge is 0.243 e. The summed E-state index contributed by atoms with van der Waals surface area (Å²) in [5.41, 5.74) is 3.14. The zero-order valence-electron chi connectivity index (χ0n) is 16.7. The first kappa shape index (κ1) is 20.7. The van der Waals surface area contributed by atoms with Gasteiger partial charge in [0.25, 0.3) is 0 Å². The van der Waals surface area contributed by atoms with Crippen molar-refractivity contribution in [3.05, 3.63) is 71.3 Å². The molecule has 0 saturated carbocycles. The van der Waals surface area contributed by atoms with Crippen LogP contribution < -0.4 is 5.32 Å². The topological polar surface area (TPSA) is 49.4 Å². The number of nitrogens with zero attached hydrogens (tertiary/aromatic N) is 1. The van der Waals surface area contributed by atoms with Crippen LogP contribution in [0.15, 0.2) is 54.6 Å². The molecule has 4 nitrogen and oxygen atoms in total. The fraction of sp³-hybridized carbons (Fsp3) is 0.391. The summed E-state index contributed by atoms with van der Waals surface area (Å²) in [6.07, 6.45) is 0.864. The van der Waals surface area contributed by atoms with Crippen molar-refractivity contribution in [1.29, 1.82) is 0 Å². The highest BCUT2D eigenvalue weighted by Crippen LogP contribution is 2.17. The summed E-state index contributed by atoms with van der Waals surface area (Å²) >= 11 is 0. The minimum Gasteiger partial charge on any atom is -0.352 e. The molecule has 0 unspecified atom stereocenters. The average molecular weight is 367 g/mol. The summed E-state index contributed by atoms with van der Waals surface area (Å²) in [5.74, 6) is -0.127. The van der Waals surface area contributed by atoms with Gasteiger partial charge in [-0.25, -0.2) is 0 Å². The molecule has 0 saturated heterocycles. The minimum absolute atomic E-state index is 0.0322. The Hall–Kier alpha value is -2.62. The van der Waals surface area contributed by atoms with Crippen molar-refractivity contribution in [2.24, 2.45) is 0 Å². The number of carbonyl (C=O) groups excluding carboxylic acids is 2. The molecule has 0 aromatic heterocycles. The third kappa shape index (κ3) is 5.95. The molecule has 0 heterocycles. The fourth-order valence-electron chi connectivity index (χ4n) is 3.14. The van der Waals surface area contributed by atoms with E-state index in [1.165, 1.54) is 0 Å². The molecular weight excluding hydrogens is 336 g/mol. The van der Waals surface area contributed by atoms with E-state index in [0.29, 0.717) is 13.0 Å². The molecule has 2 amide bonds. The normalized spacial score (nSPS) is 11.9. The second-order valence-electron chi connectivity index (χ2n) is 7.20. The van der Waals surface area contributed by atoms with Crippen LogP contribution in [0.2, 0.25) is 0 Å². The Morgan fingerprint density at radius 2 is 1.63 bits per heavy atom. The largest absolute Gasteiger partial charge is 0.352 e. The Labute approximate surface area is 162 Å². The van der Waals surface area contributed by atoms with Gasteiger partial charge in [-0.05, 0) is 43.9 Å². The van der Waals surface area contributed by atoms with E-state index in [4.69, 9.17) is 0 Å². The number of rotatable bonds is 8. The number of carbonyl (C=O) groups is 2. The standard InChI is InChI=1S/C23H30N2O2/c1-5-21(23(27)24-17(2)3)25(16-20-14-10-9-11-18(20)4)22(26)15-19-12-7-6-8-13-19/h6-14,17,21H,5,15-16H2,1-4H3,(H,24,27)/t21-/m0/s1. The Morgan fingerprint density at radius 1 is 1.00 bits per heavy atom. The van der Waals surface area contributed by atoms with Gasteiger partial charge in [-0.15, -0.1) is 0 Å². The summed E-state index contributed by atoms with van der Waals surface area (Å²) in [6.45, 7) is 8.28. The predicted octanol–water partition coefficient (Wildman–Crippen LogP) is 3.87. The maximum atomic E-state index is 13.2. The van der Waals surface area contributed by atoms with Crippen LogP contribution in [0.1, 0.15) is 43.9 Å². The van der Waals surface area contributed by atoms with Gasteiger partial charge in [0.15, 0.2) is 0 Å². The quantitative estimate of drug-likeness (QED) is 0.771. The molecule has 2 aromatic carbocycles. The van der Waals surface area contributed by atoms with Gasteiger partial charge in [-0.2, -0.15) is 0 Å². The highest BCUT2D eigenvalue weighted by molar-refractivity contribution is 5.88. The molecule has 0 aliphatic rings. The highest BCUT2D eigenvalue weighted by Gasteiger charge is 2.29. The third-order valence-corrected chi connectivity index (χ3v) is 4.62. The molecule has 4 heteroatoms. The average Bonchev–Trinajstić information content (AvgIpc) is 2.63. The number of hydrogen-bond acceptors (Lipinski definition) is 2. The summed E-state index contributed by atoms with van der Waals surface area (Å²) in [6, 6.07) is 17.2. The Kier molecular flexibility index (Phi) is 7.59. The molecule has 0 spiro atoms.